The van der Waals surface area contributed by atoms with E-state index >= 15 is 0 Å². The third kappa shape index (κ3) is 1.44. The van der Waals surface area contributed by atoms with Gasteiger partial charge in [-0.2, -0.15) is 0 Å². The SMILES string of the molecule is COc1ccc(C2(F)CC(N)C2)s1. The first-order valence-electron chi connectivity index (χ1n) is 4.23. The zero-order chi connectivity index (χ0) is 9.47. The highest BCUT2D eigenvalue weighted by atomic mass is 32.1. The molecular weight excluding hydrogens is 189 g/mol. The summed E-state index contributed by atoms with van der Waals surface area (Å²) < 4.78 is 18.9. The van der Waals surface area contributed by atoms with Crippen LogP contribution in [0.15, 0.2) is 12.1 Å². The fourth-order valence-electron chi connectivity index (χ4n) is 1.64. The van der Waals surface area contributed by atoms with Gasteiger partial charge in [-0.15, -0.1) is 11.3 Å². The topological polar surface area (TPSA) is 35.2 Å². The second-order valence-electron chi connectivity index (χ2n) is 3.46. The van der Waals surface area contributed by atoms with Crippen molar-refractivity contribution >= 4 is 11.3 Å². The molecule has 0 unspecified atom stereocenters. The van der Waals surface area contributed by atoms with E-state index in [-0.39, 0.29) is 6.04 Å². The van der Waals surface area contributed by atoms with Gasteiger partial charge >= 0.3 is 0 Å². The van der Waals surface area contributed by atoms with Gasteiger partial charge in [0.1, 0.15) is 5.67 Å². The molecule has 2 N–H and O–H groups in total. The maximum absolute atomic E-state index is 13.9. The largest absolute Gasteiger partial charge is 0.487 e. The van der Waals surface area contributed by atoms with Crippen LogP contribution in [0.25, 0.3) is 0 Å². The van der Waals surface area contributed by atoms with Crippen molar-refractivity contribution in [3.63, 3.8) is 0 Å². The number of halogens is 1. The highest BCUT2D eigenvalue weighted by Crippen LogP contribution is 2.47. The molecule has 0 bridgehead atoms. The lowest BCUT2D eigenvalue weighted by Crippen LogP contribution is -2.45. The van der Waals surface area contributed by atoms with Crippen LogP contribution in [0.1, 0.15) is 17.7 Å². The maximum atomic E-state index is 13.9. The summed E-state index contributed by atoms with van der Waals surface area (Å²) in [5.74, 6) is 0. The third-order valence-electron chi connectivity index (χ3n) is 2.40. The molecule has 1 aromatic rings. The minimum Gasteiger partial charge on any atom is -0.487 e. The van der Waals surface area contributed by atoms with Gasteiger partial charge in [0.15, 0.2) is 5.06 Å². The minimum atomic E-state index is -1.18. The van der Waals surface area contributed by atoms with Crippen LogP contribution in [0.3, 0.4) is 0 Å². The molecule has 1 fully saturated rings. The molecule has 1 aliphatic rings. The van der Waals surface area contributed by atoms with Crippen molar-refractivity contribution in [2.24, 2.45) is 5.73 Å². The molecule has 0 aliphatic heterocycles. The average molecular weight is 201 g/mol. The van der Waals surface area contributed by atoms with E-state index in [0.717, 1.165) is 9.94 Å². The molecule has 1 aliphatic carbocycles. The molecule has 0 saturated heterocycles. The first-order chi connectivity index (χ1) is 6.14. The molecule has 13 heavy (non-hydrogen) atoms. The Hall–Kier alpha value is -0.610. The van der Waals surface area contributed by atoms with Crippen molar-refractivity contribution in [2.75, 3.05) is 7.11 Å². The molecule has 2 nitrogen and oxygen atoms in total. The van der Waals surface area contributed by atoms with Crippen molar-refractivity contribution < 1.29 is 9.13 Å². The third-order valence-corrected chi connectivity index (χ3v) is 3.62. The highest BCUT2D eigenvalue weighted by molar-refractivity contribution is 7.14. The first kappa shape index (κ1) is 8.97. The predicted molar refractivity (Wildman–Crippen MR) is 50.9 cm³/mol. The average Bonchev–Trinajstić information content (AvgIpc) is 2.49. The van der Waals surface area contributed by atoms with E-state index in [9.17, 15) is 4.39 Å². The standard InChI is InChI=1S/C9H12FNOS/c1-12-8-3-2-7(13-8)9(10)4-6(11)5-9/h2-3,6H,4-5,11H2,1H3. The Morgan fingerprint density at radius 3 is 2.77 bits per heavy atom. The Kier molecular flexibility index (Phi) is 2.04. The van der Waals surface area contributed by atoms with Crippen LogP contribution in [0, 0.1) is 0 Å². The molecule has 4 heteroatoms. The molecule has 0 amide bonds. The van der Waals surface area contributed by atoms with Crippen molar-refractivity contribution in [2.45, 2.75) is 24.6 Å². The van der Waals surface area contributed by atoms with Gasteiger partial charge in [-0.1, -0.05) is 0 Å². The van der Waals surface area contributed by atoms with E-state index in [1.165, 1.54) is 11.3 Å². The van der Waals surface area contributed by atoms with Gasteiger partial charge in [0.05, 0.1) is 7.11 Å². The molecule has 0 spiro atoms. The van der Waals surface area contributed by atoms with E-state index in [2.05, 4.69) is 0 Å². The van der Waals surface area contributed by atoms with Crippen LogP contribution in [0.5, 0.6) is 5.06 Å². The van der Waals surface area contributed by atoms with E-state index in [1.54, 1.807) is 19.2 Å². The predicted octanol–water partition coefficient (Wildman–Crippen LogP) is 2.04. The molecular formula is C9H12FNOS. The molecule has 0 atom stereocenters. The lowest BCUT2D eigenvalue weighted by Gasteiger charge is -2.38. The zero-order valence-electron chi connectivity index (χ0n) is 7.42. The smallest absolute Gasteiger partial charge is 0.173 e. The number of alkyl halides is 1. The van der Waals surface area contributed by atoms with E-state index in [0.29, 0.717) is 12.8 Å². The molecule has 0 radical (unpaired) electrons. The lowest BCUT2D eigenvalue weighted by atomic mass is 9.77. The molecule has 72 valence electrons. The zero-order valence-corrected chi connectivity index (χ0v) is 8.23. The van der Waals surface area contributed by atoms with Crippen LogP contribution >= 0.6 is 11.3 Å². The number of nitrogens with two attached hydrogens (primary N) is 1. The number of thiophene rings is 1. The molecule has 2 rings (SSSR count). The van der Waals surface area contributed by atoms with Gasteiger partial charge < -0.3 is 10.5 Å². The van der Waals surface area contributed by atoms with Crippen molar-refractivity contribution in [3.8, 4) is 5.06 Å². The summed E-state index contributed by atoms with van der Waals surface area (Å²) in [5, 5.41) is 0.757. The van der Waals surface area contributed by atoms with Crippen LogP contribution in [0.2, 0.25) is 0 Å². The Morgan fingerprint density at radius 2 is 2.31 bits per heavy atom. The molecule has 0 aromatic carbocycles. The van der Waals surface area contributed by atoms with Gasteiger partial charge in [-0.25, -0.2) is 4.39 Å². The Morgan fingerprint density at radius 1 is 1.62 bits per heavy atom. The van der Waals surface area contributed by atoms with Crippen molar-refractivity contribution in [1.29, 1.82) is 0 Å². The summed E-state index contributed by atoms with van der Waals surface area (Å²) >= 11 is 1.36. The van der Waals surface area contributed by atoms with E-state index in [1.807, 2.05) is 0 Å². The molecule has 1 saturated carbocycles. The molecule has 1 aromatic heterocycles. The van der Waals surface area contributed by atoms with Gasteiger partial charge in [0.2, 0.25) is 0 Å². The maximum Gasteiger partial charge on any atom is 0.173 e. The number of hydrogen-bond donors (Lipinski definition) is 1. The van der Waals surface area contributed by atoms with Crippen molar-refractivity contribution in [1.82, 2.24) is 0 Å². The van der Waals surface area contributed by atoms with Crippen LogP contribution in [0.4, 0.5) is 4.39 Å². The van der Waals surface area contributed by atoms with Gasteiger partial charge in [-0.05, 0) is 12.1 Å². The lowest BCUT2D eigenvalue weighted by molar-refractivity contribution is 0.0444. The molecule has 1 heterocycles. The van der Waals surface area contributed by atoms with Crippen LogP contribution < -0.4 is 10.5 Å². The number of ether oxygens (including phenoxy) is 1. The van der Waals surface area contributed by atoms with Crippen molar-refractivity contribution in [3.05, 3.63) is 17.0 Å². The first-order valence-corrected chi connectivity index (χ1v) is 5.04. The second-order valence-corrected chi connectivity index (χ2v) is 4.50. The summed E-state index contributed by atoms with van der Waals surface area (Å²) in [6.07, 6.45) is 0.882. The summed E-state index contributed by atoms with van der Waals surface area (Å²) in [7, 11) is 1.59. The van der Waals surface area contributed by atoms with Gasteiger partial charge in [0, 0.05) is 23.8 Å². The second kappa shape index (κ2) is 2.96. The van der Waals surface area contributed by atoms with Crippen LogP contribution in [-0.4, -0.2) is 13.2 Å². The van der Waals surface area contributed by atoms with E-state index < -0.39 is 5.67 Å². The van der Waals surface area contributed by atoms with Crippen LogP contribution in [-0.2, 0) is 5.67 Å². The fraction of sp³-hybridized carbons (Fsp3) is 0.556. The Labute approximate surface area is 80.5 Å². The Bertz CT molecular complexity index is 306. The summed E-state index contributed by atoms with van der Waals surface area (Å²) in [6, 6.07) is 3.61. The van der Waals surface area contributed by atoms with Gasteiger partial charge in [-0.3, -0.25) is 0 Å². The van der Waals surface area contributed by atoms with E-state index in [4.69, 9.17) is 10.5 Å². The Balaban J connectivity index is 2.16. The monoisotopic (exact) mass is 201 g/mol. The summed E-state index contributed by atoms with van der Waals surface area (Å²) in [5.41, 5.74) is 4.38. The quantitative estimate of drug-likeness (QED) is 0.794. The fourth-order valence-corrected chi connectivity index (χ4v) is 2.57. The minimum absolute atomic E-state index is 0.0260. The highest BCUT2D eigenvalue weighted by Gasteiger charge is 2.45. The number of methoxy groups -OCH3 is 1. The number of hydrogen-bond acceptors (Lipinski definition) is 3. The summed E-state index contributed by atoms with van der Waals surface area (Å²) in [4.78, 5) is 0.742. The summed E-state index contributed by atoms with van der Waals surface area (Å²) in [6.45, 7) is 0. The van der Waals surface area contributed by atoms with Gasteiger partial charge in [0.25, 0.3) is 0 Å². The normalized spacial score (nSPS) is 32.7. The number of rotatable bonds is 2.